The van der Waals surface area contributed by atoms with Gasteiger partial charge in [0, 0.05) is 7.11 Å². The maximum atomic E-state index is 12.7. The topological polar surface area (TPSA) is 44.8 Å². The average molecular weight is 360 g/mol. The molecule has 2 aliphatic rings. The highest BCUT2D eigenvalue weighted by Crippen LogP contribution is 2.38. The molecule has 3 rings (SSSR count). The zero-order valence-electron chi connectivity index (χ0n) is 15.9. The average Bonchev–Trinajstić information content (AvgIpc) is 2.72. The third kappa shape index (κ3) is 5.31. The fourth-order valence-electron chi connectivity index (χ4n) is 4.55. The van der Waals surface area contributed by atoms with Crippen LogP contribution in [0.1, 0.15) is 68.1 Å². The van der Waals surface area contributed by atoms with Gasteiger partial charge in [-0.3, -0.25) is 0 Å². The smallest absolute Gasteiger partial charge is 0.338 e. The minimum Gasteiger partial charge on any atom is -0.458 e. The van der Waals surface area contributed by atoms with E-state index in [0.29, 0.717) is 24.2 Å². The van der Waals surface area contributed by atoms with Crippen molar-refractivity contribution in [3.05, 3.63) is 35.9 Å². The summed E-state index contributed by atoms with van der Waals surface area (Å²) in [5, 5.41) is 0. The van der Waals surface area contributed by atoms with Crippen LogP contribution in [0.4, 0.5) is 0 Å². The third-order valence-electron chi connectivity index (χ3n) is 5.97. The van der Waals surface area contributed by atoms with Crippen molar-refractivity contribution >= 4 is 5.97 Å². The molecular formula is C22H32O4. The molecule has 26 heavy (non-hydrogen) atoms. The Kier molecular flexibility index (Phi) is 7.51. The molecule has 2 aliphatic carbocycles. The molecule has 0 N–H and O–H groups in total. The lowest BCUT2D eigenvalue weighted by Crippen LogP contribution is -2.38. The second kappa shape index (κ2) is 10.1. The maximum absolute atomic E-state index is 12.7. The van der Waals surface area contributed by atoms with Gasteiger partial charge in [0.1, 0.15) is 12.9 Å². The van der Waals surface area contributed by atoms with Gasteiger partial charge in [0.2, 0.25) is 0 Å². The molecule has 0 radical (unpaired) electrons. The van der Waals surface area contributed by atoms with E-state index in [0.717, 1.165) is 25.7 Å². The molecule has 1 aromatic carbocycles. The molecule has 2 fully saturated rings. The Morgan fingerprint density at radius 2 is 1.62 bits per heavy atom. The first-order valence-electron chi connectivity index (χ1n) is 10.1. The van der Waals surface area contributed by atoms with E-state index in [2.05, 4.69) is 0 Å². The second-order valence-electron chi connectivity index (χ2n) is 7.74. The highest BCUT2D eigenvalue weighted by Gasteiger charge is 2.36. The largest absolute Gasteiger partial charge is 0.458 e. The molecule has 1 aromatic rings. The van der Waals surface area contributed by atoms with E-state index in [1.807, 2.05) is 30.3 Å². The summed E-state index contributed by atoms with van der Waals surface area (Å²) in [7, 11) is 1.66. The Labute approximate surface area is 157 Å². The molecular weight excluding hydrogens is 328 g/mol. The van der Waals surface area contributed by atoms with Crippen molar-refractivity contribution in [2.75, 3.05) is 13.9 Å². The maximum Gasteiger partial charge on any atom is 0.338 e. The Balaban J connectivity index is 1.63. The summed E-state index contributed by atoms with van der Waals surface area (Å²) in [5.41, 5.74) is 0.658. The Morgan fingerprint density at radius 1 is 0.962 bits per heavy atom. The molecule has 4 heteroatoms. The third-order valence-corrected chi connectivity index (χ3v) is 5.97. The zero-order valence-corrected chi connectivity index (χ0v) is 15.9. The molecule has 0 saturated heterocycles. The first kappa shape index (κ1) is 19.4. The van der Waals surface area contributed by atoms with Gasteiger partial charge >= 0.3 is 5.97 Å². The normalized spacial score (nSPS) is 25.6. The minimum atomic E-state index is -0.168. The Bertz CT molecular complexity index is 530. The number of benzene rings is 1. The number of hydrogen-bond donors (Lipinski definition) is 0. The SMILES string of the molecule is COCOC1CCC(C(OC(=O)c2ccccc2)C2CCCCC2)CC1. The number of carbonyl (C=O) groups is 1. The lowest BCUT2D eigenvalue weighted by molar-refractivity contribution is -0.0954. The fourth-order valence-corrected chi connectivity index (χ4v) is 4.55. The predicted molar refractivity (Wildman–Crippen MR) is 101 cm³/mol. The van der Waals surface area contributed by atoms with Gasteiger partial charge in [-0.05, 0) is 62.5 Å². The minimum absolute atomic E-state index is 0.0476. The van der Waals surface area contributed by atoms with Crippen LogP contribution < -0.4 is 0 Å². The van der Waals surface area contributed by atoms with E-state index >= 15 is 0 Å². The number of hydrogen-bond acceptors (Lipinski definition) is 4. The molecule has 1 atom stereocenters. The molecule has 0 aliphatic heterocycles. The lowest BCUT2D eigenvalue weighted by Gasteiger charge is -2.38. The van der Waals surface area contributed by atoms with Crippen LogP contribution in [0.25, 0.3) is 0 Å². The van der Waals surface area contributed by atoms with Gasteiger partial charge in [0.05, 0.1) is 11.7 Å². The fraction of sp³-hybridized carbons (Fsp3) is 0.682. The van der Waals surface area contributed by atoms with Crippen molar-refractivity contribution < 1.29 is 19.0 Å². The van der Waals surface area contributed by atoms with Gasteiger partial charge < -0.3 is 14.2 Å². The lowest BCUT2D eigenvalue weighted by atomic mass is 9.74. The summed E-state index contributed by atoms with van der Waals surface area (Å²) in [4.78, 5) is 12.7. The van der Waals surface area contributed by atoms with Gasteiger partial charge in [-0.15, -0.1) is 0 Å². The van der Waals surface area contributed by atoms with Crippen molar-refractivity contribution in [2.45, 2.75) is 70.0 Å². The molecule has 2 saturated carbocycles. The first-order chi connectivity index (χ1) is 12.8. The van der Waals surface area contributed by atoms with Crippen LogP contribution in [0.15, 0.2) is 30.3 Å². The van der Waals surface area contributed by atoms with Crippen molar-refractivity contribution in [1.82, 2.24) is 0 Å². The van der Waals surface area contributed by atoms with Crippen LogP contribution in [0.2, 0.25) is 0 Å². The summed E-state index contributed by atoms with van der Waals surface area (Å²) in [6.45, 7) is 0.365. The molecule has 0 bridgehead atoms. The molecule has 0 aromatic heterocycles. The quantitative estimate of drug-likeness (QED) is 0.508. The highest BCUT2D eigenvalue weighted by atomic mass is 16.7. The predicted octanol–water partition coefficient (Wildman–Crippen LogP) is 4.97. The summed E-state index contributed by atoms with van der Waals surface area (Å²) in [6, 6.07) is 9.40. The van der Waals surface area contributed by atoms with Gasteiger partial charge in [0.15, 0.2) is 0 Å². The highest BCUT2D eigenvalue weighted by molar-refractivity contribution is 5.89. The van der Waals surface area contributed by atoms with E-state index in [9.17, 15) is 4.79 Å². The molecule has 0 amide bonds. The molecule has 4 nitrogen and oxygen atoms in total. The summed E-state index contributed by atoms with van der Waals surface area (Å²) < 4.78 is 16.9. The molecule has 0 heterocycles. The Hall–Kier alpha value is -1.39. The van der Waals surface area contributed by atoms with Crippen molar-refractivity contribution in [1.29, 1.82) is 0 Å². The van der Waals surface area contributed by atoms with E-state index < -0.39 is 0 Å². The van der Waals surface area contributed by atoms with Crippen LogP contribution >= 0.6 is 0 Å². The van der Waals surface area contributed by atoms with Gasteiger partial charge in [-0.2, -0.15) is 0 Å². The van der Waals surface area contributed by atoms with Crippen molar-refractivity contribution in [2.24, 2.45) is 11.8 Å². The van der Waals surface area contributed by atoms with Crippen molar-refractivity contribution in [3.63, 3.8) is 0 Å². The van der Waals surface area contributed by atoms with E-state index in [-0.39, 0.29) is 18.2 Å². The van der Waals surface area contributed by atoms with Crippen molar-refractivity contribution in [3.8, 4) is 0 Å². The summed E-state index contributed by atoms with van der Waals surface area (Å²) in [5.74, 6) is 0.796. The standard InChI is InChI=1S/C22H32O4/c1-24-16-25-20-14-12-18(13-15-20)21(17-8-4-2-5-9-17)26-22(23)19-10-6-3-7-11-19/h3,6-7,10-11,17-18,20-21H,2,4-5,8-9,12-16H2,1H3. The number of rotatable bonds is 7. The number of methoxy groups -OCH3 is 1. The van der Waals surface area contributed by atoms with E-state index in [4.69, 9.17) is 14.2 Å². The first-order valence-corrected chi connectivity index (χ1v) is 10.1. The molecule has 1 unspecified atom stereocenters. The van der Waals surface area contributed by atoms with Crippen LogP contribution in [0, 0.1) is 11.8 Å². The zero-order chi connectivity index (χ0) is 18.2. The van der Waals surface area contributed by atoms with E-state index in [1.165, 1.54) is 32.1 Å². The van der Waals surface area contributed by atoms with Gasteiger partial charge in [0.25, 0.3) is 0 Å². The number of ether oxygens (including phenoxy) is 3. The summed E-state index contributed by atoms with van der Waals surface area (Å²) in [6.07, 6.45) is 10.7. The monoisotopic (exact) mass is 360 g/mol. The number of carbonyl (C=O) groups excluding carboxylic acids is 1. The second-order valence-corrected chi connectivity index (χ2v) is 7.74. The van der Waals surface area contributed by atoms with Crippen LogP contribution in [0.3, 0.4) is 0 Å². The summed E-state index contributed by atoms with van der Waals surface area (Å²) >= 11 is 0. The number of esters is 1. The van der Waals surface area contributed by atoms with Crippen LogP contribution in [0.5, 0.6) is 0 Å². The Morgan fingerprint density at radius 3 is 2.27 bits per heavy atom. The molecule has 144 valence electrons. The van der Waals surface area contributed by atoms with Crippen LogP contribution in [-0.4, -0.2) is 32.1 Å². The van der Waals surface area contributed by atoms with Gasteiger partial charge in [-0.25, -0.2) is 4.79 Å². The van der Waals surface area contributed by atoms with Crippen LogP contribution in [-0.2, 0) is 14.2 Å². The van der Waals surface area contributed by atoms with E-state index in [1.54, 1.807) is 7.11 Å². The van der Waals surface area contributed by atoms with Gasteiger partial charge in [-0.1, -0.05) is 37.5 Å². The molecule has 0 spiro atoms.